The van der Waals surface area contributed by atoms with E-state index in [-0.39, 0.29) is 12.0 Å². The molecule has 23 heavy (non-hydrogen) atoms. The van der Waals surface area contributed by atoms with Gasteiger partial charge in [-0.2, -0.15) is 0 Å². The van der Waals surface area contributed by atoms with Crippen LogP contribution in [0.3, 0.4) is 0 Å². The Bertz CT molecular complexity index is 457. The zero-order valence-electron chi connectivity index (χ0n) is 14.9. The van der Waals surface area contributed by atoms with Gasteiger partial charge in [0.1, 0.15) is 5.78 Å². The van der Waals surface area contributed by atoms with E-state index in [2.05, 4.69) is 38.1 Å². The molecule has 0 amide bonds. The van der Waals surface area contributed by atoms with Gasteiger partial charge in [0.25, 0.3) is 0 Å². The fourth-order valence-corrected chi connectivity index (χ4v) is 3.43. The quantitative estimate of drug-likeness (QED) is 0.606. The predicted octanol–water partition coefficient (Wildman–Crippen LogP) is 5.44. The average Bonchev–Trinajstić information content (AvgIpc) is 2.59. The maximum absolute atomic E-state index is 12.8. The van der Waals surface area contributed by atoms with Crippen LogP contribution in [0.15, 0.2) is 24.3 Å². The van der Waals surface area contributed by atoms with Gasteiger partial charge in [-0.1, -0.05) is 51.0 Å². The smallest absolute Gasteiger partial charge is 0.142 e. The van der Waals surface area contributed by atoms with Gasteiger partial charge in [0, 0.05) is 18.9 Å². The van der Waals surface area contributed by atoms with E-state index in [1.165, 1.54) is 30.4 Å². The summed E-state index contributed by atoms with van der Waals surface area (Å²) in [6.07, 6.45) is 9.70. The van der Waals surface area contributed by atoms with E-state index < -0.39 is 0 Å². The SMILES string of the molecule is CCCCc1ccc(C(CCC)C(=O)CC2CCCCO2)cc1. The molecule has 0 aromatic heterocycles. The lowest BCUT2D eigenvalue weighted by Crippen LogP contribution is -2.25. The fraction of sp³-hybridized carbons (Fsp3) is 0.667. The Morgan fingerprint density at radius 2 is 1.96 bits per heavy atom. The van der Waals surface area contributed by atoms with Crippen molar-refractivity contribution in [3.8, 4) is 0 Å². The normalized spacial score (nSPS) is 19.5. The van der Waals surface area contributed by atoms with E-state index in [9.17, 15) is 4.79 Å². The zero-order valence-corrected chi connectivity index (χ0v) is 14.9. The second-order valence-corrected chi connectivity index (χ2v) is 6.85. The molecule has 1 saturated heterocycles. The van der Waals surface area contributed by atoms with Crippen LogP contribution in [0.5, 0.6) is 0 Å². The van der Waals surface area contributed by atoms with Crippen molar-refractivity contribution in [3.05, 3.63) is 35.4 Å². The first-order valence-corrected chi connectivity index (χ1v) is 9.47. The molecule has 2 atom stereocenters. The Labute approximate surface area is 141 Å². The van der Waals surface area contributed by atoms with Crippen molar-refractivity contribution in [1.29, 1.82) is 0 Å². The highest BCUT2D eigenvalue weighted by Crippen LogP contribution is 2.27. The van der Waals surface area contributed by atoms with Crippen molar-refractivity contribution in [2.45, 2.75) is 83.7 Å². The first-order chi connectivity index (χ1) is 11.2. The van der Waals surface area contributed by atoms with Gasteiger partial charge in [0.15, 0.2) is 0 Å². The third-order valence-electron chi connectivity index (χ3n) is 4.87. The molecule has 0 bridgehead atoms. The number of ketones is 1. The minimum Gasteiger partial charge on any atom is -0.378 e. The summed E-state index contributed by atoms with van der Waals surface area (Å²) in [4.78, 5) is 12.8. The molecule has 0 saturated carbocycles. The first-order valence-electron chi connectivity index (χ1n) is 9.47. The number of carbonyl (C=O) groups excluding carboxylic acids is 1. The molecule has 2 heteroatoms. The summed E-state index contributed by atoms with van der Waals surface area (Å²) in [5.74, 6) is 0.408. The van der Waals surface area contributed by atoms with E-state index in [4.69, 9.17) is 4.74 Å². The minimum atomic E-state index is 0.0470. The molecule has 1 aromatic rings. The van der Waals surface area contributed by atoms with Crippen molar-refractivity contribution >= 4 is 5.78 Å². The predicted molar refractivity (Wildman–Crippen MR) is 95.9 cm³/mol. The molecule has 2 nitrogen and oxygen atoms in total. The highest BCUT2D eigenvalue weighted by atomic mass is 16.5. The van der Waals surface area contributed by atoms with E-state index >= 15 is 0 Å². The van der Waals surface area contributed by atoms with Gasteiger partial charge in [-0.25, -0.2) is 0 Å². The molecule has 0 radical (unpaired) electrons. The van der Waals surface area contributed by atoms with Gasteiger partial charge in [0.2, 0.25) is 0 Å². The molecule has 2 rings (SSSR count). The summed E-state index contributed by atoms with van der Waals surface area (Å²) in [7, 11) is 0. The maximum Gasteiger partial charge on any atom is 0.142 e. The molecule has 1 fully saturated rings. The van der Waals surface area contributed by atoms with Crippen molar-refractivity contribution in [3.63, 3.8) is 0 Å². The van der Waals surface area contributed by atoms with Crippen molar-refractivity contribution in [2.24, 2.45) is 0 Å². The number of rotatable bonds is 9. The van der Waals surface area contributed by atoms with E-state index in [0.29, 0.717) is 12.2 Å². The second kappa shape index (κ2) is 9.87. The lowest BCUT2D eigenvalue weighted by atomic mass is 9.86. The van der Waals surface area contributed by atoms with E-state index in [1.807, 2.05) is 0 Å². The lowest BCUT2D eigenvalue weighted by molar-refractivity contribution is -0.124. The van der Waals surface area contributed by atoms with Crippen LogP contribution in [0.1, 0.15) is 82.3 Å². The van der Waals surface area contributed by atoms with Crippen LogP contribution in [-0.2, 0) is 16.0 Å². The van der Waals surface area contributed by atoms with E-state index in [1.54, 1.807) is 0 Å². The van der Waals surface area contributed by atoms with Gasteiger partial charge < -0.3 is 4.74 Å². The summed E-state index contributed by atoms with van der Waals surface area (Å²) in [6.45, 7) is 5.20. The highest BCUT2D eigenvalue weighted by molar-refractivity contribution is 5.86. The summed E-state index contributed by atoms with van der Waals surface area (Å²) in [6, 6.07) is 8.76. The fourth-order valence-electron chi connectivity index (χ4n) is 3.43. The zero-order chi connectivity index (χ0) is 16.5. The first kappa shape index (κ1) is 18.2. The number of ether oxygens (including phenoxy) is 1. The van der Waals surface area contributed by atoms with Crippen LogP contribution in [0.25, 0.3) is 0 Å². The number of Topliss-reactive ketones (excluding diaryl/α,β-unsaturated/α-hetero) is 1. The third kappa shape index (κ3) is 5.76. The van der Waals surface area contributed by atoms with Crippen LogP contribution in [0.2, 0.25) is 0 Å². The molecule has 2 unspecified atom stereocenters. The van der Waals surface area contributed by atoms with Crippen LogP contribution >= 0.6 is 0 Å². The molecule has 1 aliphatic rings. The molecular formula is C21H32O2. The molecule has 1 aromatic carbocycles. The maximum atomic E-state index is 12.8. The Kier molecular flexibility index (Phi) is 7.81. The Morgan fingerprint density at radius 3 is 2.57 bits per heavy atom. The highest BCUT2D eigenvalue weighted by Gasteiger charge is 2.24. The van der Waals surface area contributed by atoms with Gasteiger partial charge in [-0.15, -0.1) is 0 Å². The minimum absolute atomic E-state index is 0.0470. The molecule has 0 spiro atoms. The van der Waals surface area contributed by atoms with E-state index in [0.717, 1.165) is 38.7 Å². The Hall–Kier alpha value is -1.15. The summed E-state index contributed by atoms with van der Waals surface area (Å²) in [5, 5.41) is 0. The third-order valence-corrected chi connectivity index (χ3v) is 4.87. The molecule has 128 valence electrons. The summed E-state index contributed by atoms with van der Waals surface area (Å²) in [5.41, 5.74) is 2.57. The topological polar surface area (TPSA) is 26.3 Å². The van der Waals surface area contributed by atoms with Crippen molar-refractivity contribution in [1.82, 2.24) is 0 Å². The monoisotopic (exact) mass is 316 g/mol. The molecular weight excluding hydrogens is 284 g/mol. The van der Waals surface area contributed by atoms with Crippen molar-refractivity contribution < 1.29 is 9.53 Å². The van der Waals surface area contributed by atoms with Gasteiger partial charge in [-0.3, -0.25) is 4.79 Å². The number of aryl methyl sites for hydroxylation is 1. The van der Waals surface area contributed by atoms with Gasteiger partial charge >= 0.3 is 0 Å². The second-order valence-electron chi connectivity index (χ2n) is 6.85. The molecule has 1 heterocycles. The van der Waals surface area contributed by atoms with Gasteiger partial charge in [0.05, 0.1) is 6.10 Å². The van der Waals surface area contributed by atoms with Gasteiger partial charge in [-0.05, 0) is 49.7 Å². The van der Waals surface area contributed by atoms with Crippen LogP contribution < -0.4 is 0 Å². The summed E-state index contributed by atoms with van der Waals surface area (Å²) >= 11 is 0. The largest absolute Gasteiger partial charge is 0.378 e. The Morgan fingerprint density at radius 1 is 1.17 bits per heavy atom. The number of unbranched alkanes of at least 4 members (excludes halogenated alkanes) is 1. The van der Waals surface area contributed by atoms with Crippen molar-refractivity contribution in [2.75, 3.05) is 6.61 Å². The van der Waals surface area contributed by atoms with Crippen LogP contribution in [0, 0.1) is 0 Å². The molecule has 0 N–H and O–H groups in total. The Balaban J connectivity index is 1.99. The lowest BCUT2D eigenvalue weighted by Gasteiger charge is -2.24. The number of benzene rings is 1. The average molecular weight is 316 g/mol. The summed E-state index contributed by atoms with van der Waals surface area (Å²) < 4.78 is 5.76. The van der Waals surface area contributed by atoms with Crippen LogP contribution in [0.4, 0.5) is 0 Å². The number of hydrogen-bond donors (Lipinski definition) is 0. The number of hydrogen-bond acceptors (Lipinski definition) is 2. The molecule has 1 aliphatic heterocycles. The standard InChI is InChI=1S/C21H32O2/c1-3-5-9-17-11-13-18(14-12-17)20(8-4-2)21(22)16-19-10-6-7-15-23-19/h11-14,19-20H,3-10,15-16H2,1-2H3. The molecule has 0 aliphatic carbocycles. The number of carbonyl (C=O) groups is 1. The van der Waals surface area contributed by atoms with Crippen LogP contribution in [-0.4, -0.2) is 18.5 Å².